The number of aromatic carboxylic acids is 1. The van der Waals surface area contributed by atoms with Gasteiger partial charge in [-0.2, -0.15) is 15.0 Å². The lowest BCUT2D eigenvalue weighted by atomic mass is 10.2. The van der Waals surface area contributed by atoms with Gasteiger partial charge in [-0.05, 0) is 94.5 Å². The number of carbonyl (C=O) groups excluding carboxylic acids is 3. The third-order valence-corrected chi connectivity index (χ3v) is 10.9. The molecule has 1 saturated heterocycles. The fourth-order valence-corrected chi connectivity index (χ4v) is 7.52. The number of nitrogens with zero attached hydrogens (tertiary/aromatic N) is 5. The zero-order chi connectivity index (χ0) is 47.6. The van der Waals surface area contributed by atoms with Crippen molar-refractivity contribution in [3.05, 3.63) is 105 Å². The fraction of sp³-hybridized carbons (Fsp3) is 0.244. The Bertz CT molecular complexity index is 2810. The van der Waals surface area contributed by atoms with Crippen molar-refractivity contribution in [1.82, 2.24) is 24.7 Å². The molecule has 1 saturated carbocycles. The first-order valence-electron chi connectivity index (χ1n) is 19.0. The first kappa shape index (κ1) is 48.9. The molecule has 0 unspecified atom stereocenters. The van der Waals surface area contributed by atoms with Crippen LogP contribution in [0.2, 0.25) is 10.0 Å². The lowest BCUT2D eigenvalue weighted by molar-refractivity contribution is -0.139. The van der Waals surface area contributed by atoms with E-state index in [4.69, 9.17) is 52.4 Å². The predicted octanol–water partition coefficient (Wildman–Crippen LogP) is 7.33. The number of methoxy groups -OCH3 is 1. The number of pyridine rings is 1. The monoisotopic (exact) mass is 957 g/mol. The molecule has 2 aromatic heterocycles. The van der Waals surface area contributed by atoms with E-state index in [0.29, 0.717) is 26.8 Å². The number of sulfonamides is 1. The first-order chi connectivity index (χ1) is 30.8. The van der Waals surface area contributed by atoms with Crippen molar-refractivity contribution in [2.24, 2.45) is 0 Å². The highest BCUT2D eigenvalue weighted by Gasteiger charge is 2.40. The number of carboxylic acids is 2. The smallest absolute Gasteiger partial charge is 0.427 e. The number of hydrogen-bond acceptors (Lipinski definition) is 15. The molecule has 1 aliphatic heterocycles. The summed E-state index contributed by atoms with van der Waals surface area (Å²) in [5, 5.41) is 21.1. The molecule has 0 spiro atoms. The largest absolute Gasteiger partial charge is 0.489 e. The Balaban J connectivity index is 0.000000188. The third-order valence-electron chi connectivity index (χ3n) is 8.86. The average Bonchev–Trinajstić information content (AvgIpc) is 3.88. The highest BCUT2D eigenvalue weighted by atomic mass is 35.5. The van der Waals surface area contributed by atoms with Crippen LogP contribution in [-0.4, -0.2) is 88.4 Å². The topological polar surface area (TPSA) is 276 Å². The van der Waals surface area contributed by atoms with Gasteiger partial charge in [0.2, 0.25) is 5.95 Å². The van der Waals surface area contributed by atoms with E-state index in [2.05, 4.69) is 25.3 Å². The summed E-state index contributed by atoms with van der Waals surface area (Å²) in [4.78, 5) is 73.3. The number of aromatic nitrogens is 4. The maximum atomic E-state index is 14.3. The minimum Gasteiger partial charge on any atom is -0.489 e. The number of benzene rings is 3. The van der Waals surface area contributed by atoms with Crippen LogP contribution >= 0.6 is 23.2 Å². The second kappa shape index (κ2) is 21.5. The molecule has 24 heteroatoms. The number of aryl methyl sites for hydroxylation is 1. The molecule has 7 rings (SSSR count). The summed E-state index contributed by atoms with van der Waals surface area (Å²) in [5.74, 6) is -3.38. The lowest BCUT2D eigenvalue weighted by Gasteiger charge is -2.18. The zero-order valence-electron chi connectivity index (χ0n) is 34.6. The number of aliphatic carboxylic acids is 1. The number of halogens is 3. The molecule has 2 aliphatic rings. The molecular formula is C41H38Cl2FN7O13S. The summed E-state index contributed by atoms with van der Waals surface area (Å²) in [6.07, 6.45) is 4.60. The number of imide groups is 1. The second-order valence-electron chi connectivity index (χ2n) is 13.8. The van der Waals surface area contributed by atoms with Crippen molar-refractivity contribution in [3.63, 3.8) is 0 Å². The minimum absolute atomic E-state index is 0.00962. The third kappa shape index (κ3) is 12.5. The number of fused-ring (bicyclic) bond motifs is 1. The Morgan fingerprint density at radius 1 is 0.954 bits per heavy atom. The van der Waals surface area contributed by atoms with Gasteiger partial charge in [0, 0.05) is 17.6 Å². The van der Waals surface area contributed by atoms with Crippen LogP contribution in [0.3, 0.4) is 0 Å². The molecule has 2 fully saturated rings. The number of nitrogens with one attached hydrogen (secondary N) is 2. The van der Waals surface area contributed by atoms with E-state index >= 15 is 0 Å². The summed E-state index contributed by atoms with van der Waals surface area (Å²) in [7, 11) is -3.11. The van der Waals surface area contributed by atoms with Gasteiger partial charge in [-0.1, -0.05) is 35.3 Å². The molecule has 0 radical (unpaired) electrons. The molecule has 65 heavy (non-hydrogen) atoms. The Hall–Kier alpha value is -7.17. The maximum Gasteiger partial charge on any atom is 0.427 e. The van der Waals surface area contributed by atoms with Gasteiger partial charge in [-0.3, -0.25) is 15.1 Å². The summed E-state index contributed by atoms with van der Waals surface area (Å²) in [6, 6.07) is 12.8. The van der Waals surface area contributed by atoms with Crippen LogP contribution in [0.15, 0.2) is 83.1 Å². The number of cyclic esters (lactones) is 1. The normalized spacial score (nSPS) is 13.5. The van der Waals surface area contributed by atoms with E-state index in [9.17, 15) is 36.8 Å². The van der Waals surface area contributed by atoms with Crippen LogP contribution in [-0.2, 0) is 24.3 Å². The molecule has 4 amide bonds. The van der Waals surface area contributed by atoms with Crippen LogP contribution in [0.5, 0.6) is 17.5 Å². The Morgan fingerprint density at radius 3 is 2.31 bits per heavy atom. The van der Waals surface area contributed by atoms with Crippen molar-refractivity contribution < 1.29 is 65.9 Å². The predicted molar refractivity (Wildman–Crippen MR) is 230 cm³/mol. The van der Waals surface area contributed by atoms with Crippen LogP contribution < -0.4 is 29.1 Å². The van der Waals surface area contributed by atoms with E-state index in [0.717, 1.165) is 49.3 Å². The van der Waals surface area contributed by atoms with Crippen LogP contribution in [0, 0.1) is 12.7 Å². The molecular weight excluding hydrogens is 920 g/mol. The van der Waals surface area contributed by atoms with Gasteiger partial charge in [-0.25, -0.2) is 41.6 Å². The summed E-state index contributed by atoms with van der Waals surface area (Å²) in [6.45, 7) is 4.40. The zero-order valence-corrected chi connectivity index (χ0v) is 37.0. The number of rotatable bonds is 11. The van der Waals surface area contributed by atoms with Crippen LogP contribution in [0.4, 0.5) is 25.6 Å². The summed E-state index contributed by atoms with van der Waals surface area (Å²) < 4.78 is 61.1. The molecule has 3 aromatic carbocycles. The number of anilines is 2. The number of allylic oxidation sites excluding steroid dienone is 1. The fourth-order valence-electron chi connectivity index (χ4n) is 6.00. The van der Waals surface area contributed by atoms with E-state index in [1.54, 1.807) is 49.0 Å². The number of urea groups is 1. The molecule has 0 atom stereocenters. The lowest BCUT2D eigenvalue weighted by Crippen LogP contribution is -2.35. The average molecular weight is 959 g/mol. The summed E-state index contributed by atoms with van der Waals surface area (Å²) >= 11 is 12.0. The maximum absolute atomic E-state index is 14.3. The van der Waals surface area contributed by atoms with Gasteiger partial charge in [0.1, 0.15) is 33.6 Å². The highest BCUT2D eigenvalue weighted by Crippen LogP contribution is 2.38. The van der Waals surface area contributed by atoms with Gasteiger partial charge >= 0.3 is 36.0 Å². The Morgan fingerprint density at radius 2 is 1.66 bits per heavy atom. The number of hydrogen-bond donors (Lipinski definition) is 4. The van der Waals surface area contributed by atoms with Gasteiger partial charge in [0.05, 0.1) is 34.5 Å². The van der Waals surface area contributed by atoms with E-state index < -0.39 is 62.9 Å². The molecule has 1 aliphatic carbocycles. The van der Waals surface area contributed by atoms with E-state index in [-0.39, 0.29) is 46.1 Å². The molecule has 4 N–H and O–H groups in total. The molecule has 5 aromatic rings. The van der Waals surface area contributed by atoms with E-state index in [1.165, 1.54) is 32.2 Å². The van der Waals surface area contributed by atoms with E-state index in [1.807, 2.05) is 0 Å². The van der Waals surface area contributed by atoms with Crippen molar-refractivity contribution in [3.8, 4) is 17.5 Å². The highest BCUT2D eigenvalue weighted by molar-refractivity contribution is 7.90. The van der Waals surface area contributed by atoms with Crippen LogP contribution in [0.25, 0.3) is 10.9 Å². The van der Waals surface area contributed by atoms with Crippen molar-refractivity contribution >= 4 is 85.7 Å². The first-order valence-corrected chi connectivity index (χ1v) is 21.2. The van der Waals surface area contributed by atoms with Crippen molar-refractivity contribution in [2.45, 2.75) is 57.5 Å². The molecule has 20 nitrogen and oxygen atoms in total. The second-order valence-corrected chi connectivity index (χ2v) is 16.2. The van der Waals surface area contributed by atoms with Gasteiger partial charge in [-0.15, -0.1) is 0 Å². The van der Waals surface area contributed by atoms with Gasteiger partial charge in [0.25, 0.3) is 10.0 Å². The summed E-state index contributed by atoms with van der Waals surface area (Å²) in [5.41, 5.74) is 0.406. The number of amides is 4. The number of carbonyl (C=O) groups is 5. The van der Waals surface area contributed by atoms with Crippen LogP contribution in [0.1, 0.15) is 55.7 Å². The van der Waals surface area contributed by atoms with Crippen molar-refractivity contribution in [1.29, 1.82) is 0 Å². The quantitative estimate of drug-likeness (QED) is 0.0943. The van der Waals surface area contributed by atoms with Gasteiger partial charge in [0.15, 0.2) is 12.4 Å². The van der Waals surface area contributed by atoms with Gasteiger partial charge < -0.3 is 29.2 Å². The molecule has 0 bridgehead atoms. The standard InChI is InChI=1S/C17H17ClFNO4.C13H13N5O6S.C11H8ClNO3/c1-9(2)15-16(21)20(17(22)24-15)13-8-14(11(18)7-12(13)19)23-10-5-3-4-6-10;1-7-14-11(17-13(15-7)24-2)16-12(21)18-25(22,23)9-6-4-3-5-8(9)10(19)20;12-8-3-4-9(16-6-10(14)15)11-7(8)2-1-5-13-11/h7-8,10H,3-6H2,1-2H3;3-6H,1-2H3,(H,19,20)(H2,14,15,16,17,18,21);1-5H,6H2,(H,14,15). The Kier molecular flexibility index (Phi) is 16.1. The molecule has 3 heterocycles. The van der Waals surface area contributed by atoms with Crippen molar-refractivity contribution in [2.75, 3.05) is 23.9 Å². The SMILES string of the molecule is CC(C)=C1OC(=O)N(c2cc(OC3CCCC3)c(Cl)cc2F)C1=O.COc1nc(C)nc(NC(=O)NS(=O)(=O)c2ccccc2C(=O)O)n1.O=C(O)COc1ccc(Cl)c2cccnc12. The number of carboxylic acid groups (broad SMARTS) is 2. The number of ether oxygens (including phenoxy) is 4. The Labute approximate surface area is 379 Å². The minimum atomic E-state index is -4.43. The molecule has 342 valence electrons.